The van der Waals surface area contributed by atoms with Crippen molar-refractivity contribution in [3.8, 4) is 0 Å². The number of fused-ring (bicyclic) bond motifs is 1. The van der Waals surface area contributed by atoms with Crippen LogP contribution in [0.25, 0.3) is 10.9 Å². The highest BCUT2D eigenvalue weighted by Crippen LogP contribution is 2.36. The van der Waals surface area contributed by atoms with Crippen LogP contribution in [0.5, 0.6) is 0 Å². The van der Waals surface area contributed by atoms with E-state index in [2.05, 4.69) is 10.3 Å². The Balaban J connectivity index is 2.27. The van der Waals surface area contributed by atoms with Gasteiger partial charge in [-0.1, -0.05) is 6.07 Å². The highest BCUT2D eigenvalue weighted by molar-refractivity contribution is 7.98. The largest absolute Gasteiger partial charge is 0.480 e. The molecule has 0 aliphatic rings. The van der Waals surface area contributed by atoms with Crippen LogP contribution >= 0.6 is 11.8 Å². The monoisotopic (exact) mass is 403 g/mol. The van der Waals surface area contributed by atoms with Gasteiger partial charge in [0.15, 0.2) is 0 Å². The number of nitrogens with one attached hydrogen (secondary N) is 2. The number of alkyl halides is 3. The van der Waals surface area contributed by atoms with E-state index >= 15 is 0 Å². The number of hydrogen-bond donors (Lipinski definition) is 4. The van der Waals surface area contributed by atoms with Gasteiger partial charge in [-0.05, 0) is 36.1 Å². The molecule has 0 fully saturated rings. The van der Waals surface area contributed by atoms with E-state index in [0.29, 0.717) is 12.2 Å². The van der Waals surface area contributed by atoms with Crippen LogP contribution in [-0.2, 0) is 22.2 Å². The average Bonchev–Trinajstić information content (AvgIpc) is 3.00. The van der Waals surface area contributed by atoms with E-state index < -0.39 is 35.7 Å². The summed E-state index contributed by atoms with van der Waals surface area (Å²) in [7, 11) is 0. The third-order valence-corrected chi connectivity index (χ3v) is 4.75. The summed E-state index contributed by atoms with van der Waals surface area (Å²) in [5.41, 5.74) is 5.26. The molecule has 27 heavy (non-hydrogen) atoms. The lowest BCUT2D eigenvalue weighted by molar-refractivity contribution is -0.142. The molecule has 10 heteroatoms. The Hall–Kier alpha value is -2.20. The van der Waals surface area contributed by atoms with Gasteiger partial charge < -0.3 is 21.1 Å². The quantitative estimate of drug-likeness (QED) is 0.541. The van der Waals surface area contributed by atoms with E-state index in [9.17, 15) is 27.9 Å². The fraction of sp³-hybridized carbons (Fsp3) is 0.412. The molecule has 148 valence electrons. The number of H-pyrrole nitrogens is 1. The van der Waals surface area contributed by atoms with Crippen molar-refractivity contribution < 1.29 is 27.9 Å². The second-order valence-electron chi connectivity index (χ2n) is 6.03. The third-order valence-electron chi connectivity index (χ3n) is 4.10. The first-order chi connectivity index (χ1) is 12.6. The molecule has 0 saturated carbocycles. The maximum absolute atomic E-state index is 13.3. The highest BCUT2D eigenvalue weighted by atomic mass is 32.2. The fourth-order valence-corrected chi connectivity index (χ4v) is 3.22. The summed E-state index contributed by atoms with van der Waals surface area (Å²) >= 11 is 1.49. The minimum atomic E-state index is -4.58. The van der Waals surface area contributed by atoms with Gasteiger partial charge in [-0.3, -0.25) is 4.79 Å². The molecule has 2 atom stereocenters. The van der Waals surface area contributed by atoms with E-state index in [1.165, 1.54) is 30.1 Å². The predicted molar refractivity (Wildman–Crippen MR) is 97.5 cm³/mol. The Morgan fingerprint density at radius 1 is 1.37 bits per heavy atom. The summed E-state index contributed by atoms with van der Waals surface area (Å²) in [6, 6.07) is 1.41. The molecule has 0 aliphatic carbocycles. The average molecular weight is 403 g/mol. The highest BCUT2D eigenvalue weighted by Gasteiger charge is 2.34. The Bertz CT molecular complexity index is 823. The molecule has 1 amide bonds. The van der Waals surface area contributed by atoms with Gasteiger partial charge in [0.1, 0.15) is 6.04 Å². The van der Waals surface area contributed by atoms with Crippen LogP contribution in [0.1, 0.15) is 17.5 Å². The van der Waals surface area contributed by atoms with Crippen LogP contribution in [0.2, 0.25) is 0 Å². The molecule has 1 heterocycles. The number of halogens is 3. The zero-order chi connectivity index (χ0) is 20.2. The van der Waals surface area contributed by atoms with Crippen LogP contribution in [0.3, 0.4) is 0 Å². The van der Waals surface area contributed by atoms with Crippen molar-refractivity contribution in [3.05, 3.63) is 35.5 Å². The van der Waals surface area contributed by atoms with Gasteiger partial charge in [0.25, 0.3) is 0 Å². The van der Waals surface area contributed by atoms with Crippen LogP contribution in [0.15, 0.2) is 24.4 Å². The molecule has 2 rings (SSSR count). The first-order valence-corrected chi connectivity index (χ1v) is 9.48. The topological polar surface area (TPSA) is 108 Å². The molecule has 5 N–H and O–H groups in total. The van der Waals surface area contributed by atoms with Crippen molar-refractivity contribution >= 4 is 34.5 Å². The van der Waals surface area contributed by atoms with Gasteiger partial charge in [-0.25, -0.2) is 4.79 Å². The van der Waals surface area contributed by atoms with E-state index in [1.807, 2.05) is 6.26 Å². The third kappa shape index (κ3) is 5.16. The molecular formula is C17H20F3N3O3S. The van der Waals surface area contributed by atoms with Crippen molar-refractivity contribution in [2.45, 2.75) is 31.1 Å². The number of nitrogens with two attached hydrogens (primary N) is 1. The molecule has 1 aromatic heterocycles. The minimum Gasteiger partial charge on any atom is -0.480 e. The molecule has 0 bridgehead atoms. The van der Waals surface area contributed by atoms with Crippen LogP contribution in [0.4, 0.5) is 13.2 Å². The molecule has 2 aromatic rings. The number of aromatic amines is 1. The second kappa shape index (κ2) is 8.66. The van der Waals surface area contributed by atoms with Gasteiger partial charge in [-0.15, -0.1) is 0 Å². The van der Waals surface area contributed by atoms with Crippen LogP contribution in [0, 0.1) is 0 Å². The maximum atomic E-state index is 13.3. The summed E-state index contributed by atoms with van der Waals surface area (Å²) in [6.45, 7) is 0. The predicted octanol–water partition coefficient (Wildman–Crippen LogP) is 2.38. The first kappa shape index (κ1) is 21.1. The summed E-state index contributed by atoms with van der Waals surface area (Å²) in [5, 5.41) is 11.6. The second-order valence-corrected chi connectivity index (χ2v) is 7.02. The number of aromatic nitrogens is 1. The van der Waals surface area contributed by atoms with Gasteiger partial charge in [0.2, 0.25) is 5.91 Å². The van der Waals surface area contributed by atoms with Crippen molar-refractivity contribution in [2.24, 2.45) is 5.73 Å². The zero-order valence-electron chi connectivity index (χ0n) is 14.5. The zero-order valence-corrected chi connectivity index (χ0v) is 15.3. The molecule has 6 nitrogen and oxygen atoms in total. The van der Waals surface area contributed by atoms with Crippen LogP contribution < -0.4 is 11.1 Å². The van der Waals surface area contributed by atoms with E-state index in [4.69, 9.17) is 5.73 Å². The molecule has 0 unspecified atom stereocenters. The number of carbonyl (C=O) groups excluding carboxylic acids is 1. The normalized spacial score (nSPS) is 14.1. The van der Waals surface area contributed by atoms with Crippen molar-refractivity contribution in [1.82, 2.24) is 10.3 Å². The first-order valence-electron chi connectivity index (χ1n) is 8.09. The summed E-state index contributed by atoms with van der Waals surface area (Å²) in [6.07, 6.45) is -1.35. The molecule has 0 aliphatic heterocycles. The summed E-state index contributed by atoms with van der Waals surface area (Å²) in [4.78, 5) is 26.3. The fourth-order valence-electron chi connectivity index (χ4n) is 2.73. The van der Waals surface area contributed by atoms with E-state index in [1.54, 1.807) is 0 Å². The number of benzene rings is 1. The van der Waals surface area contributed by atoms with Gasteiger partial charge >= 0.3 is 12.1 Å². The molecule has 1 aromatic carbocycles. The lowest BCUT2D eigenvalue weighted by Gasteiger charge is -2.18. The smallest absolute Gasteiger partial charge is 0.417 e. The van der Waals surface area contributed by atoms with Crippen molar-refractivity contribution in [1.29, 1.82) is 0 Å². The Morgan fingerprint density at radius 3 is 2.67 bits per heavy atom. The molecule has 0 saturated heterocycles. The van der Waals surface area contributed by atoms with Crippen molar-refractivity contribution in [3.63, 3.8) is 0 Å². The SMILES string of the molecule is CSCC[C@H](N)C(=O)N[C@@H](Cc1c[nH]c2cccc(C(F)(F)F)c12)C(=O)O. The lowest BCUT2D eigenvalue weighted by Crippen LogP contribution is -2.49. The lowest BCUT2D eigenvalue weighted by atomic mass is 10.0. The molecule has 0 spiro atoms. The van der Waals surface area contributed by atoms with Gasteiger partial charge in [-0.2, -0.15) is 24.9 Å². The number of hydrogen-bond acceptors (Lipinski definition) is 4. The van der Waals surface area contributed by atoms with Crippen molar-refractivity contribution in [2.75, 3.05) is 12.0 Å². The number of carboxylic acids is 1. The van der Waals surface area contributed by atoms with Crippen LogP contribution in [-0.4, -0.2) is 46.1 Å². The Kier molecular flexibility index (Phi) is 6.77. The molecule has 0 radical (unpaired) electrons. The standard InChI is InChI=1S/C17H20F3N3O3S/c1-27-6-5-11(21)15(24)23-13(16(25)26)7-9-8-22-12-4-2-3-10(14(9)12)17(18,19)20/h2-4,8,11,13,22H,5-7,21H2,1H3,(H,23,24)(H,25,26)/t11-,13-/m0/s1. The van der Waals surface area contributed by atoms with Gasteiger partial charge in [0, 0.05) is 23.5 Å². The van der Waals surface area contributed by atoms with E-state index in [-0.39, 0.29) is 22.9 Å². The number of aliphatic carboxylic acids is 1. The number of thioether (sulfide) groups is 1. The number of rotatable bonds is 8. The molecular weight excluding hydrogens is 383 g/mol. The Labute approximate surface area is 157 Å². The number of carboxylic acid groups (broad SMARTS) is 1. The maximum Gasteiger partial charge on any atom is 0.417 e. The summed E-state index contributed by atoms with van der Waals surface area (Å²) < 4.78 is 39.9. The summed E-state index contributed by atoms with van der Waals surface area (Å²) in [5.74, 6) is -1.37. The minimum absolute atomic E-state index is 0.0998. The van der Waals surface area contributed by atoms with E-state index in [0.717, 1.165) is 6.07 Å². The number of carbonyl (C=O) groups is 2. The van der Waals surface area contributed by atoms with Gasteiger partial charge in [0.05, 0.1) is 11.6 Å². The Morgan fingerprint density at radius 2 is 2.07 bits per heavy atom. The number of amides is 1.